The van der Waals surface area contributed by atoms with Crippen molar-refractivity contribution in [3.05, 3.63) is 57.6 Å². The molecule has 0 aliphatic carbocycles. The number of hydrogen-bond acceptors (Lipinski definition) is 6. The number of methoxy groups -OCH3 is 2. The van der Waals surface area contributed by atoms with Crippen LogP contribution in [-0.2, 0) is 11.3 Å². The van der Waals surface area contributed by atoms with Crippen LogP contribution in [0.15, 0.2) is 36.4 Å². The van der Waals surface area contributed by atoms with Crippen molar-refractivity contribution in [2.24, 2.45) is 0 Å². The molecule has 0 saturated carbocycles. The number of amides is 1. The normalized spacial score (nSPS) is 10.3. The maximum absolute atomic E-state index is 12.5. The van der Waals surface area contributed by atoms with Crippen LogP contribution >= 0.6 is 0 Å². The van der Waals surface area contributed by atoms with Crippen LogP contribution in [0.5, 0.6) is 17.2 Å². The fourth-order valence-corrected chi connectivity index (χ4v) is 2.73. The molecule has 0 fully saturated rings. The molecular weight excluding hydrogens is 364 g/mol. The highest BCUT2D eigenvalue weighted by atomic mass is 16.6. The molecule has 2 aromatic carbocycles. The van der Waals surface area contributed by atoms with Crippen LogP contribution < -0.4 is 14.2 Å². The zero-order chi connectivity index (χ0) is 20.7. The summed E-state index contributed by atoms with van der Waals surface area (Å²) >= 11 is 0. The van der Waals surface area contributed by atoms with Gasteiger partial charge < -0.3 is 19.1 Å². The third-order valence-corrected chi connectivity index (χ3v) is 4.28. The van der Waals surface area contributed by atoms with Gasteiger partial charge in [-0.05, 0) is 43.7 Å². The maximum atomic E-state index is 12.5. The first-order valence-electron chi connectivity index (χ1n) is 8.76. The summed E-state index contributed by atoms with van der Waals surface area (Å²) in [7, 11) is 3.13. The molecule has 0 aliphatic heterocycles. The van der Waals surface area contributed by atoms with E-state index >= 15 is 0 Å². The molecule has 0 heterocycles. The summed E-state index contributed by atoms with van der Waals surface area (Å²) in [5.41, 5.74) is 1.40. The number of rotatable bonds is 9. The van der Waals surface area contributed by atoms with E-state index in [0.29, 0.717) is 35.9 Å². The largest absolute Gasteiger partial charge is 0.493 e. The Kier molecular flexibility index (Phi) is 7.20. The summed E-state index contributed by atoms with van der Waals surface area (Å²) in [6.07, 6.45) is 0. The van der Waals surface area contributed by atoms with Gasteiger partial charge in [0.15, 0.2) is 18.1 Å². The highest BCUT2D eigenvalue weighted by molar-refractivity contribution is 5.77. The van der Waals surface area contributed by atoms with Gasteiger partial charge in [0.25, 0.3) is 11.6 Å². The van der Waals surface area contributed by atoms with Crippen LogP contribution in [0.2, 0.25) is 0 Å². The molecule has 0 spiro atoms. The molecule has 0 saturated heterocycles. The first-order chi connectivity index (χ1) is 13.4. The average molecular weight is 388 g/mol. The Morgan fingerprint density at radius 1 is 1.11 bits per heavy atom. The minimum Gasteiger partial charge on any atom is -0.493 e. The number of likely N-dealkylation sites (N-methyl/N-ethyl adjacent to an activating group) is 1. The quantitative estimate of drug-likeness (QED) is 0.483. The van der Waals surface area contributed by atoms with Crippen LogP contribution in [0.4, 0.5) is 5.69 Å². The molecule has 0 unspecified atom stereocenters. The third kappa shape index (κ3) is 5.12. The first kappa shape index (κ1) is 21.0. The van der Waals surface area contributed by atoms with Crippen LogP contribution in [0.3, 0.4) is 0 Å². The lowest BCUT2D eigenvalue weighted by atomic mass is 10.2. The third-order valence-electron chi connectivity index (χ3n) is 4.28. The monoisotopic (exact) mass is 388 g/mol. The van der Waals surface area contributed by atoms with E-state index < -0.39 is 4.92 Å². The van der Waals surface area contributed by atoms with E-state index in [1.807, 2.05) is 19.1 Å². The van der Waals surface area contributed by atoms with Crippen molar-refractivity contribution in [2.45, 2.75) is 20.4 Å². The second kappa shape index (κ2) is 9.59. The van der Waals surface area contributed by atoms with Crippen molar-refractivity contribution in [1.82, 2.24) is 4.90 Å². The number of nitro benzene ring substituents is 1. The predicted octanol–water partition coefficient (Wildman–Crippen LogP) is 3.35. The van der Waals surface area contributed by atoms with E-state index in [1.54, 1.807) is 38.2 Å². The summed E-state index contributed by atoms with van der Waals surface area (Å²) in [6.45, 7) is 4.27. The van der Waals surface area contributed by atoms with Crippen molar-refractivity contribution in [3.8, 4) is 17.2 Å². The van der Waals surface area contributed by atoms with Gasteiger partial charge in [0, 0.05) is 24.7 Å². The summed E-state index contributed by atoms with van der Waals surface area (Å²) in [6, 6.07) is 9.91. The van der Waals surface area contributed by atoms with Crippen molar-refractivity contribution in [2.75, 3.05) is 27.4 Å². The van der Waals surface area contributed by atoms with Crippen molar-refractivity contribution in [1.29, 1.82) is 0 Å². The van der Waals surface area contributed by atoms with Gasteiger partial charge in [-0.3, -0.25) is 14.9 Å². The van der Waals surface area contributed by atoms with Gasteiger partial charge in [-0.2, -0.15) is 0 Å². The molecule has 8 nitrogen and oxygen atoms in total. The number of aryl methyl sites for hydroxylation is 1. The van der Waals surface area contributed by atoms with Gasteiger partial charge in [-0.25, -0.2) is 0 Å². The molecule has 0 aromatic heterocycles. The highest BCUT2D eigenvalue weighted by Gasteiger charge is 2.16. The minimum atomic E-state index is -0.452. The molecule has 150 valence electrons. The number of carbonyl (C=O) groups excluding carboxylic acids is 1. The second-order valence-electron chi connectivity index (χ2n) is 6.09. The smallest absolute Gasteiger partial charge is 0.272 e. The van der Waals surface area contributed by atoms with Gasteiger partial charge in [0.2, 0.25) is 0 Å². The molecule has 0 aliphatic rings. The molecule has 0 atom stereocenters. The van der Waals surface area contributed by atoms with Gasteiger partial charge in [0.05, 0.1) is 19.1 Å². The standard InChI is InChI=1S/C20H24N2O6/c1-5-21(12-15-6-9-18(26-3)19(11-15)27-4)20(23)13-28-16-7-8-17(22(24)25)14(2)10-16/h6-11H,5,12-13H2,1-4H3. The number of nitro groups is 1. The molecule has 0 bridgehead atoms. The van der Waals surface area contributed by atoms with E-state index in [9.17, 15) is 14.9 Å². The van der Waals surface area contributed by atoms with Crippen molar-refractivity contribution in [3.63, 3.8) is 0 Å². The van der Waals surface area contributed by atoms with Crippen molar-refractivity contribution < 1.29 is 23.9 Å². The summed E-state index contributed by atoms with van der Waals surface area (Å²) in [5, 5.41) is 10.9. The zero-order valence-corrected chi connectivity index (χ0v) is 16.4. The molecule has 0 radical (unpaired) electrons. The van der Waals surface area contributed by atoms with Gasteiger partial charge in [0.1, 0.15) is 5.75 Å². The number of benzene rings is 2. The number of nitrogens with zero attached hydrogens (tertiary/aromatic N) is 2. The lowest BCUT2D eigenvalue weighted by Crippen LogP contribution is -2.34. The van der Waals surface area contributed by atoms with Gasteiger partial charge in [-0.1, -0.05) is 6.07 Å². The Hall–Kier alpha value is -3.29. The van der Waals surface area contributed by atoms with Crippen LogP contribution in [0, 0.1) is 17.0 Å². The second-order valence-corrected chi connectivity index (χ2v) is 6.09. The molecule has 8 heteroatoms. The Balaban J connectivity index is 2.02. The number of hydrogen-bond donors (Lipinski definition) is 0. The number of carbonyl (C=O) groups is 1. The summed E-state index contributed by atoms with van der Waals surface area (Å²) in [5.74, 6) is 1.45. The molecule has 28 heavy (non-hydrogen) atoms. The molecule has 2 aromatic rings. The van der Waals surface area contributed by atoms with Gasteiger partial charge >= 0.3 is 0 Å². The maximum Gasteiger partial charge on any atom is 0.272 e. The van der Waals surface area contributed by atoms with Crippen LogP contribution in [0.1, 0.15) is 18.1 Å². The Morgan fingerprint density at radius 2 is 1.82 bits per heavy atom. The first-order valence-corrected chi connectivity index (χ1v) is 8.76. The highest BCUT2D eigenvalue weighted by Crippen LogP contribution is 2.28. The molecule has 1 amide bonds. The fourth-order valence-electron chi connectivity index (χ4n) is 2.73. The lowest BCUT2D eigenvalue weighted by molar-refractivity contribution is -0.385. The Morgan fingerprint density at radius 3 is 2.39 bits per heavy atom. The molecule has 0 N–H and O–H groups in total. The van der Waals surface area contributed by atoms with Gasteiger partial charge in [-0.15, -0.1) is 0 Å². The van der Waals surface area contributed by atoms with E-state index in [4.69, 9.17) is 14.2 Å². The zero-order valence-electron chi connectivity index (χ0n) is 16.4. The Bertz CT molecular complexity index is 853. The van der Waals surface area contributed by atoms with Crippen LogP contribution in [0.25, 0.3) is 0 Å². The summed E-state index contributed by atoms with van der Waals surface area (Å²) in [4.78, 5) is 24.6. The topological polar surface area (TPSA) is 91.1 Å². The van der Waals surface area contributed by atoms with Crippen LogP contribution in [-0.4, -0.2) is 43.1 Å². The number of ether oxygens (including phenoxy) is 3. The van der Waals surface area contributed by atoms with E-state index in [0.717, 1.165) is 5.56 Å². The molecular formula is C20H24N2O6. The van der Waals surface area contributed by atoms with E-state index in [2.05, 4.69) is 0 Å². The van der Waals surface area contributed by atoms with Crippen molar-refractivity contribution >= 4 is 11.6 Å². The lowest BCUT2D eigenvalue weighted by Gasteiger charge is -2.22. The fraction of sp³-hybridized carbons (Fsp3) is 0.350. The minimum absolute atomic E-state index is 0.0160. The van der Waals surface area contributed by atoms with E-state index in [-0.39, 0.29) is 18.2 Å². The van der Waals surface area contributed by atoms with E-state index in [1.165, 1.54) is 12.1 Å². The SMILES string of the molecule is CCN(Cc1ccc(OC)c(OC)c1)C(=O)COc1ccc([N+](=O)[O-])c(C)c1. The summed E-state index contributed by atoms with van der Waals surface area (Å²) < 4.78 is 16.0. The molecule has 2 rings (SSSR count). The Labute approximate surface area is 163 Å². The average Bonchev–Trinajstić information content (AvgIpc) is 2.69. The predicted molar refractivity (Wildman–Crippen MR) is 104 cm³/mol.